The van der Waals surface area contributed by atoms with Crippen LogP contribution in [0.3, 0.4) is 0 Å². The van der Waals surface area contributed by atoms with Crippen molar-refractivity contribution in [3.63, 3.8) is 0 Å². The Labute approximate surface area is 105 Å². The average Bonchev–Trinajstić information content (AvgIpc) is 2.79. The molecule has 0 spiro atoms. The molecule has 0 fully saturated rings. The second kappa shape index (κ2) is 8.12. The van der Waals surface area contributed by atoms with E-state index in [0.717, 1.165) is 38.7 Å². The lowest BCUT2D eigenvalue weighted by molar-refractivity contribution is 0.315. The highest BCUT2D eigenvalue weighted by Crippen LogP contribution is 2.06. The van der Waals surface area contributed by atoms with E-state index in [0.29, 0.717) is 0 Å². The zero-order valence-corrected chi connectivity index (χ0v) is 11.4. The molecule has 17 heavy (non-hydrogen) atoms. The van der Waals surface area contributed by atoms with E-state index in [9.17, 15) is 0 Å². The van der Waals surface area contributed by atoms with E-state index in [1.54, 1.807) is 0 Å². The summed E-state index contributed by atoms with van der Waals surface area (Å²) in [5, 5.41) is 3.41. The van der Waals surface area contributed by atoms with E-state index in [-0.39, 0.29) is 0 Å². The molecule has 0 amide bonds. The van der Waals surface area contributed by atoms with Gasteiger partial charge in [-0.3, -0.25) is 0 Å². The molecule has 0 radical (unpaired) electrons. The average molecular weight is 238 g/mol. The minimum atomic E-state index is 0.963. The van der Waals surface area contributed by atoms with Gasteiger partial charge in [-0.1, -0.05) is 27.2 Å². The number of aryl methyl sites for hydroxylation is 1. The van der Waals surface area contributed by atoms with Crippen molar-refractivity contribution in [2.24, 2.45) is 0 Å². The van der Waals surface area contributed by atoms with E-state index in [4.69, 9.17) is 0 Å². The Bertz CT molecular complexity index is 291. The molecule has 1 aromatic heterocycles. The molecule has 1 aromatic rings. The van der Waals surface area contributed by atoms with Gasteiger partial charge in [-0.15, -0.1) is 0 Å². The molecule has 1 heterocycles. The second-order valence-corrected chi connectivity index (χ2v) is 4.25. The molecule has 0 aliphatic rings. The van der Waals surface area contributed by atoms with Gasteiger partial charge in [0.1, 0.15) is 0 Å². The SMILES string of the molecule is CCCCn1ccnc1NCCN(CC)CC. The lowest BCUT2D eigenvalue weighted by atomic mass is 10.3. The summed E-state index contributed by atoms with van der Waals surface area (Å²) in [6.07, 6.45) is 6.35. The van der Waals surface area contributed by atoms with Gasteiger partial charge in [0, 0.05) is 32.0 Å². The lowest BCUT2D eigenvalue weighted by Gasteiger charge is -2.18. The molecule has 0 saturated carbocycles. The van der Waals surface area contributed by atoms with Gasteiger partial charge in [-0.05, 0) is 19.5 Å². The molecule has 0 aliphatic heterocycles. The molecule has 0 aromatic carbocycles. The van der Waals surface area contributed by atoms with Crippen molar-refractivity contribution in [1.82, 2.24) is 14.5 Å². The van der Waals surface area contributed by atoms with Gasteiger partial charge >= 0.3 is 0 Å². The maximum Gasteiger partial charge on any atom is 0.202 e. The van der Waals surface area contributed by atoms with Crippen molar-refractivity contribution in [3.8, 4) is 0 Å². The molecule has 0 atom stereocenters. The van der Waals surface area contributed by atoms with Crippen LogP contribution in [0.1, 0.15) is 33.6 Å². The molecular formula is C13H26N4. The Hall–Kier alpha value is -1.03. The number of hydrogen-bond acceptors (Lipinski definition) is 3. The number of nitrogens with zero attached hydrogens (tertiary/aromatic N) is 3. The fourth-order valence-corrected chi connectivity index (χ4v) is 1.85. The highest BCUT2D eigenvalue weighted by Gasteiger charge is 2.02. The Morgan fingerprint density at radius 1 is 1.29 bits per heavy atom. The third-order valence-corrected chi connectivity index (χ3v) is 3.07. The summed E-state index contributed by atoms with van der Waals surface area (Å²) in [4.78, 5) is 6.76. The first-order valence-corrected chi connectivity index (χ1v) is 6.79. The van der Waals surface area contributed by atoms with Crippen LogP contribution in [0.15, 0.2) is 12.4 Å². The first kappa shape index (κ1) is 14.0. The van der Waals surface area contributed by atoms with Crippen LogP contribution in [0.25, 0.3) is 0 Å². The van der Waals surface area contributed by atoms with E-state index in [2.05, 4.69) is 46.7 Å². The number of unbranched alkanes of at least 4 members (excludes halogenated alkanes) is 1. The van der Waals surface area contributed by atoms with E-state index >= 15 is 0 Å². The third-order valence-electron chi connectivity index (χ3n) is 3.07. The zero-order valence-electron chi connectivity index (χ0n) is 11.4. The Kier molecular flexibility index (Phi) is 6.70. The summed E-state index contributed by atoms with van der Waals surface area (Å²) in [7, 11) is 0. The largest absolute Gasteiger partial charge is 0.354 e. The number of hydrogen-bond donors (Lipinski definition) is 1. The van der Waals surface area contributed by atoms with Crippen LogP contribution in [0.2, 0.25) is 0 Å². The molecular weight excluding hydrogens is 212 g/mol. The number of aromatic nitrogens is 2. The van der Waals surface area contributed by atoms with E-state index < -0.39 is 0 Å². The number of nitrogens with one attached hydrogen (secondary N) is 1. The van der Waals surface area contributed by atoms with Crippen molar-refractivity contribution in [3.05, 3.63) is 12.4 Å². The monoisotopic (exact) mass is 238 g/mol. The van der Waals surface area contributed by atoms with E-state index in [1.807, 2.05) is 6.20 Å². The molecule has 4 nitrogen and oxygen atoms in total. The Balaban J connectivity index is 2.33. The molecule has 1 N–H and O–H groups in total. The molecule has 0 unspecified atom stereocenters. The van der Waals surface area contributed by atoms with Crippen LogP contribution in [0.4, 0.5) is 5.95 Å². The van der Waals surface area contributed by atoms with E-state index in [1.165, 1.54) is 12.8 Å². The first-order valence-electron chi connectivity index (χ1n) is 6.79. The Morgan fingerprint density at radius 3 is 2.71 bits per heavy atom. The molecule has 1 rings (SSSR count). The van der Waals surface area contributed by atoms with Crippen LogP contribution in [-0.4, -0.2) is 40.6 Å². The lowest BCUT2D eigenvalue weighted by Crippen LogP contribution is -2.29. The Morgan fingerprint density at radius 2 is 2.06 bits per heavy atom. The standard InChI is InChI=1S/C13H26N4/c1-4-7-10-17-12-9-15-13(17)14-8-11-16(5-2)6-3/h9,12H,4-8,10-11H2,1-3H3,(H,14,15). The van der Waals surface area contributed by atoms with Crippen molar-refractivity contribution in [2.75, 3.05) is 31.5 Å². The van der Waals surface area contributed by atoms with Crippen molar-refractivity contribution >= 4 is 5.95 Å². The van der Waals surface area contributed by atoms with Gasteiger partial charge in [0.15, 0.2) is 0 Å². The van der Waals surface area contributed by atoms with Gasteiger partial charge in [0.2, 0.25) is 5.95 Å². The number of imidazole rings is 1. The fourth-order valence-electron chi connectivity index (χ4n) is 1.85. The van der Waals surface area contributed by atoms with Crippen LogP contribution in [-0.2, 0) is 6.54 Å². The van der Waals surface area contributed by atoms with Crippen molar-refractivity contribution in [1.29, 1.82) is 0 Å². The zero-order chi connectivity index (χ0) is 12.5. The predicted molar refractivity (Wildman–Crippen MR) is 73.4 cm³/mol. The van der Waals surface area contributed by atoms with Crippen LogP contribution < -0.4 is 5.32 Å². The quantitative estimate of drug-likeness (QED) is 0.717. The van der Waals surface area contributed by atoms with Gasteiger partial charge in [-0.25, -0.2) is 4.98 Å². The predicted octanol–water partition coefficient (Wildman–Crippen LogP) is 2.44. The highest BCUT2D eigenvalue weighted by molar-refractivity contribution is 5.25. The van der Waals surface area contributed by atoms with Gasteiger partial charge < -0.3 is 14.8 Å². The van der Waals surface area contributed by atoms with Gasteiger partial charge in [0.25, 0.3) is 0 Å². The topological polar surface area (TPSA) is 33.1 Å². The van der Waals surface area contributed by atoms with Crippen LogP contribution >= 0.6 is 0 Å². The smallest absolute Gasteiger partial charge is 0.202 e. The summed E-state index contributed by atoms with van der Waals surface area (Å²) in [6, 6.07) is 0. The van der Waals surface area contributed by atoms with Crippen molar-refractivity contribution in [2.45, 2.75) is 40.2 Å². The second-order valence-electron chi connectivity index (χ2n) is 4.25. The van der Waals surface area contributed by atoms with Crippen LogP contribution in [0.5, 0.6) is 0 Å². The summed E-state index contributed by atoms with van der Waals surface area (Å²) in [5.41, 5.74) is 0. The van der Waals surface area contributed by atoms with Crippen LogP contribution in [0, 0.1) is 0 Å². The summed E-state index contributed by atoms with van der Waals surface area (Å²) < 4.78 is 2.20. The molecule has 0 aliphatic carbocycles. The maximum absolute atomic E-state index is 4.35. The number of likely N-dealkylation sites (N-methyl/N-ethyl adjacent to an activating group) is 1. The fraction of sp³-hybridized carbons (Fsp3) is 0.769. The number of rotatable bonds is 9. The summed E-state index contributed by atoms with van der Waals surface area (Å²) >= 11 is 0. The number of anilines is 1. The highest BCUT2D eigenvalue weighted by atomic mass is 15.2. The molecule has 0 bridgehead atoms. The molecule has 0 saturated heterocycles. The minimum absolute atomic E-state index is 0.963. The molecule has 98 valence electrons. The maximum atomic E-state index is 4.35. The van der Waals surface area contributed by atoms with Crippen molar-refractivity contribution < 1.29 is 0 Å². The molecule has 4 heteroatoms. The normalized spacial score (nSPS) is 11.1. The van der Waals surface area contributed by atoms with Gasteiger partial charge in [-0.2, -0.15) is 0 Å². The minimum Gasteiger partial charge on any atom is -0.354 e. The third kappa shape index (κ3) is 4.77. The first-order chi connectivity index (χ1) is 8.31. The summed E-state index contributed by atoms with van der Waals surface area (Å²) in [5.74, 6) is 1.01. The van der Waals surface area contributed by atoms with Gasteiger partial charge in [0.05, 0.1) is 0 Å². The summed E-state index contributed by atoms with van der Waals surface area (Å²) in [6.45, 7) is 11.9.